The molecular formula is C18H20N6O3. The number of aromatic nitrogens is 4. The molecule has 0 unspecified atom stereocenters. The number of rotatable bonds is 7. The first kappa shape index (κ1) is 18.3. The molecule has 0 bridgehead atoms. The van der Waals surface area contributed by atoms with Crippen molar-refractivity contribution in [3.05, 3.63) is 48.5 Å². The van der Waals surface area contributed by atoms with Crippen LogP contribution in [0.25, 0.3) is 11.4 Å². The summed E-state index contributed by atoms with van der Waals surface area (Å²) in [5.74, 6) is 0.715. The molecule has 2 aromatic heterocycles. The molecule has 0 aliphatic heterocycles. The zero-order chi connectivity index (χ0) is 19.2. The molecule has 2 heterocycles. The molecule has 0 spiro atoms. The van der Waals surface area contributed by atoms with Crippen LogP contribution in [-0.4, -0.2) is 39.4 Å². The minimum Gasteiger partial charge on any atom is -0.494 e. The number of hydrogen-bond acceptors (Lipinski definition) is 7. The number of pyridine rings is 1. The number of para-hydroxylation sites is 1. The molecule has 27 heavy (non-hydrogen) atoms. The van der Waals surface area contributed by atoms with E-state index in [4.69, 9.17) is 9.57 Å². The topological polar surface area (TPSA) is 103 Å². The summed E-state index contributed by atoms with van der Waals surface area (Å²) in [5, 5.41) is 7.55. The highest BCUT2D eigenvalue weighted by atomic mass is 16.6. The third-order valence-electron chi connectivity index (χ3n) is 3.70. The second kappa shape index (κ2) is 8.28. The second-order valence-electron chi connectivity index (χ2n) is 5.54. The van der Waals surface area contributed by atoms with Gasteiger partial charge < -0.3 is 10.1 Å². The minimum absolute atomic E-state index is 0.342. The molecule has 1 aromatic carbocycles. The summed E-state index contributed by atoms with van der Waals surface area (Å²) in [6.07, 6.45) is 4.68. The minimum atomic E-state index is -0.394. The van der Waals surface area contributed by atoms with Crippen molar-refractivity contribution in [3.8, 4) is 17.1 Å². The molecule has 0 radical (unpaired) electrons. The van der Waals surface area contributed by atoms with Gasteiger partial charge in [-0.2, -0.15) is 5.10 Å². The summed E-state index contributed by atoms with van der Waals surface area (Å²) in [5.41, 5.74) is 4.67. The van der Waals surface area contributed by atoms with Gasteiger partial charge >= 0.3 is 0 Å². The number of aryl methyl sites for hydroxylation is 1. The Labute approximate surface area is 156 Å². The lowest BCUT2D eigenvalue weighted by molar-refractivity contribution is 0.0365. The van der Waals surface area contributed by atoms with E-state index in [1.165, 1.54) is 6.20 Å². The van der Waals surface area contributed by atoms with Crippen molar-refractivity contribution in [2.24, 2.45) is 7.05 Å². The summed E-state index contributed by atoms with van der Waals surface area (Å²) < 4.78 is 7.20. The predicted octanol–water partition coefficient (Wildman–Crippen LogP) is 2.31. The van der Waals surface area contributed by atoms with Crippen molar-refractivity contribution < 1.29 is 14.4 Å². The van der Waals surface area contributed by atoms with Crippen LogP contribution in [-0.2, 0) is 11.9 Å². The first-order chi connectivity index (χ1) is 13.1. The fourth-order valence-corrected chi connectivity index (χ4v) is 2.52. The first-order valence-electron chi connectivity index (χ1n) is 8.30. The van der Waals surface area contributed by atoms with Crippen molar-refractivity contribution in [1.82, 2.24) is 25.2 Å². The van der Waals surface area contributed by atoms with Crippen molar-refractivity contribution in [2.75, 3.05) is 19.0 Å². The average molecular weight is 368 g/mol. The van der Waals surface area contributed by atoms with Crippen LogP contribution in [0.1, 0.15) is 17.3 Å². The van der Waals surface area contributed by atoms with E-state index in [0.29, 0.717) is 35.1 Å². The van der Waals surface area contributed by atoms with Crippen LogP contribution < -0.4 is 15.5 Å². The Balaban J connectivity index is 1.96. The van der Waals surface area contributed by atoms with Gasteiger partial charge in [0.2, 0.25) is 0 Å². The van der Waals surface area contributed by atoms with E-state index in [9.17, 15) is 4.79 Å². The second-order valence-corrected chi connectivity index (χ2v) is 5.54. The first-order valence-corrected chi connectivity index (χ1v) is 8.30. The molecule has 1 amide bonds. The summed E-state index contributed by atoms with van der Waals surface area (Å²) >= 11 is 0. The van der Waals surface area contributed by atoms with Gasteiger partial charge in [-0.05, 0) is 25.1 Å². The number of benzene rings is 1. The molecule has 2 N–H and O–H groups in total. The highest BCUT2D eigenvalue weighted by Crippen LogP contribution is 2.36. The van der Waals surface area contributed by atoms with Crippen molar-refractivity contribution in [3.63, 3.8) is 0 Å². The predicted molar refractivity (Wildman–Crippen MR) is 99.6 cm³/mol. The van der Waals surface area contributed by atoms with Gasteiger partial charge in [0.25, 0.3) is 5.91 Å². The average Bonchev–Trinajstić information content (AvgIpc) is 3.12. The van der Waals surface area contributed by atoms with E-state index in [2.05, 4.69) is 25.9 Å². The van der Waals surface area contributed by atoms with Gasteiger partial charge in [-0.25, -0.2) is 10.5 Å². The Hall–Kier alpha value is -3.46. The number of hydroxylamine groups is 1. The zero-order valence-corrected chi connectivity index (χ0v) is 15.3. The van der Waals surface area contributed by atoms with E-state index < -0.39 is 5.91 Å². The number of nitrogens with one attached hydrogen (secondary N) is 2. The van der Waals surface area contributed by atoms with E-state index in [1.807, 2.05) is 18.2 Å². The Kier molecular flexibility index (Phi) is 5.62. The molecule has 9 heteroatoms. The highest BCUT2D eigenvalue weighted by Gasteiger charge is 2.17. The molecule has 140 valence electrons. The maximum Gasteiger partial charge on any atom is 0.278 e. The van der Waals surface area contributed by atoms with Gasteiger partial charge in [0, 0.05) is 19.4 Å². The summed E-state index contributed by atoms with van der Waals surface area (Å²) in [4.78, 5) is 25.6. The van der Waals surface area contributed by atoms with Gasteiger partial charge in [-0.1, -0.05) is 6.07 Å². The van der Waals surface area contributed by atoms with Crippen LogP contribution in [0.4, 0.5) is 11.4 Å². The highest BCUT2D eigenvalue weighted by molar-refractivity contribution is 5.99. The van der Waals surface area contributed by atoms with Gasteiger partial charge in [0.1, 0.15) is 6.33 Å². The van der Waals surface area contributed by atoms with E-state index >= 15 is 0 Å². The van der Waals surface area contributed by atoms with E-state index in [0.717, 1.165) is 5.56 Å². The Morgan fingerprint density at radius 2 is 2.11 bits per heavy atom. The molecule has 0 aliphatic rings. The van der Waals surface area contributed by atoms with Crippen molar-refractivity contribution in [1.29, 1.82) is 0 Å². The summed E-state index contributed by atoms with van der Waals surface area (Å²) in [6, 6.07) is 7.27. The lowest BCUT2D eigenvalue weighted by Crippen LogP contribution is -2.24. The third-order valence-corrected chi connectivity index (χ3v) is 3.70. The normalized spacial score (nSPS) is 10.5. The van der Waals surface area contributed by atoms with Gasteiger partial charge in [0.15, 0.2) is 11.6 Å². The fourth-order valence-electron chi connectivity index (χ4n) is 2.52. The van der Waals surface area contributed by atoms with Crippen LogP contribution in [0.5, 0.6) is 5.75 Å². The summed E-state index contributed by atoms with van der Waals surface area (Å²) in [6.45, 7) is 2.15. The molecule has 3 aromatic rings. The van der Waals surface area contributed by atoms with Crippen LogP contribution in [0, 0.1) is 0 Å². The Morgan fingerprint density at radius 3 is 2.81 bits per heavy atom. The van der Waals surface area contributed by atoms with Gasteiger partial charge in [-0.3, -0.25) is 19.3 Å². The number of ether oxygens (including phenoxy) is 1. The Morgan fingerprint density at radius 1 is 1.26 bits per heavy atom. The van der Waals surface area contributed by atoms with Crippen molar-refractivity contribution in [2.45, 2.75) is 6.92 Å². The lowest BCUT2D eigenvalue weighted by atomic mass is 10.1. The number of anilines is 2. The smallest absolute Gasteiger partial charge is 0.278 e. The van der Waals surface area contributed by atoms with Crippen LogP contribution in [0.2, 0.25) is 0 Å². The molecule has 9 nitrogen and oxygen atoms in total. The quantitative estimate of drug-likeness (QED) is 0.617. The van der Waals surface area contributed by atoms with Crippen LogP contribution >= 0.6 is 0 Å². The van der Waals surface area contributed by atoms with Gasteiger partial charge in [0.05, 0.1) is 36.2 Å². The zero-order valence-electron chi connectivity index (χ0n) is 15.3. The fraction of sp³-hybridized carbons (Fsp3) is 0.222. The molecule has 0 atom stereocenters. The number of methoxy groups -OCH3 is 1. The number of hydrogen-bond donors (Lipinski definition) is 2. The monoisotopic (exact) mass is 368 g/mol. The SMILES string of the molecule is CCONC(=O)c1cnccc1Nc1cccc(-c2ncn(C)n2)c1OC. The standard InChI is InChI=1S/C18H20N6O3/c1-4-27-23-18(25)13-10-19-9-8-14(13)21-15-7-5-6-12(16(15)26-3)17-20-11-24(2)22-17/h5-11H,4H2,1-3H3,(H,19,21)(H,23,25). The van der Waals surface area contributed by atoms with Crippen molar-refractivity contribution >= 4 is 17.3 Å². The number of amides is 1. The largest absolute Gasteiger partial charge is 0.494 e. The summed E-state index contributed by atoms with van der Waals surface area (Å²) in [7, 11) is 3.37. The molecule has 0 fully saturated rings. The molecule has 0 aliphatic carbocycles. The van der Waals surface area contributed by atoms with E-state index in [-0.39, 0.29) is 0 Å². The molecule has 0 saturated heterocycles. The number of carbonyl (C=O) groups is 1. The molecule has 0 saturated carbocycles. The van der Waals surface area contributed by atoms with E-state index in [1.54, 1.807) is 44.4 Å². The maximum atomic E-state index is 12.3. The number of nitrogens with zero attached hydrogens (tertiary/aromatic N) is 4. The van der Waals surface area contributed by atoms with Crippen LogP contribution in [0.3, 0.4) is 0 Å². The lowest BCUT2D eigenvalue weighted by Gasteiger charge is -2.15. The number of carbonyl (C=O) groups excluding carboxylic acids is 1. The maximum absolute atomic E-state index is 12.3. The molecular weight excluding hydrogens is 348 g/mol. The molecule has 3 rings (SSSR count). The third kappa shape index (κ3) is 4.04. The van der Waals surface area contributed by atoms with Gasteiger partial charge in [-0.15, -0.1) is 0 Å². The van der Waals surface area contributed by atoms with Crippen LogP contribution in [0.15, 0.2) is 43.0 Å². The Bertz CT molecular complexity index is 940.